The Morgan fingerprint density at radius 3 is 2.04 bits per heavy atom. The van der Waals surface area contributed by atoms with Gasteiger partial charge in [-0.15, -0.1) is 0 Å². The van der Waals surface area contributed by atoms with Crippen LogP contribution in [0.25, 0.3) is 0 Å². The molecule has 1 unspecified atom stereocenters. The zero-order chi connectivity index (χ0) is 32.6. The molecule has 0 aliphatic rings. The van der Waals surface area contributed by atoms with Crippen LogP contribution in [-0.4, -0.2) is 44.3 Å². The number of carbonyl (C=O) groups excluding carboxylic acids is 2. The number of hydrogen-bond acceptors (Lipinski definition) is 4. The standard InChI is InChI=1S/C36H40FN3O4S/c1-26(2)23-38-36(42)34(22-29-11-6-5-7-12-29)39(24-30-16-18-31(37)19-17-30)35(41)25-40(33-13-9-8-10-28(33)4)45(43,44)32-20-14-27(3)15-21-32/h5-21,26,34H,22-25H2,1-4H3,(H,38,42). The number of rotatable bonds is 13. The molecule has 0 heterocycles. The number of carbonyl (C=O) groups is 2. The van der Waals surface area contributed by atoms with Gasteiger partial charge in [0.25, 0.3) is 10.0 Å². The van der Waals surface area contributed by atoms with Crippen LogP contribution in [0.15, 0.2) is 108 Å². The molecule has 0 aromatic heterocycles. The lowest BCUT2D eigenvalue weighted by molar-refractivity contribution is -0.140. The number of hydrogen-bond donors (Lipinski definition) is 1. The number of aryl methyl sites for hydroxylation is 2. The highest BCUT2D eigenvalue weighted by atomic mass is 32.2. The second-order valence-electron chi connectivity index (χ2n) is 11.6. The number of para-hydroxylation sites is 1. The van der Waals surface area contributed by atoms with Crippen molar-refractivity contribution >= 4 is 27.5 Å². The van der Waals surface area contributed by atoms with Gasteiger partial charge < -0.3 is 10.2 Å². The Hall–Kier alpha value is -4.50. The average molecular weight is 630 g/mol. The molecule has 1 N–H and O–H groups in total. The molecule has 9 heteroatoms. The van der Waals surface area contributed by atoms with E-state index >= 15 is 0 Å². The summed E-state index contributed by atoms with van der Waals surface area (Å²) >= 11 is 0. The van der Waals surface area contributed by atoms with E-state index in [1.165, 1.54) is 29.2 Å². The SMILES string of the molecule is Cc1ccc(S(=O)(=O)N(CC(=O)N(Cc2ccc(F)cc2)C(Cc2ccccc2)C(=O)NCC(C)C)c2ccccc2C)cc1. The second kappa shape index (κ2) is 15.0. The van der Waals surface area contributed by atoms with Crippen LogP contribution in [0.5, 0.6) is 0 Å². The van der Waals surface area contributed by atoms with Crippen LogP contribution >= 0.6 is 0 Å². The van der Waals surface area contributed by atoms with Gasteiger partial charge in [-0.2, -0.15) is 0 Å². The Bertz CT molecular complexity index is 1690. The average Bonchev–Trinajstić information content (AvgIpc) is 3.02. The minimum absolute atomic E-state index is 0.0299. The molecule has 0 bridgehead atoms. The number of amides is 2. The van der Waals surface area contributed by atoms with E-state index in [1.807, 2.05) is 51.1 Å². The maximum absolute atomic E-state index is 14.5. The third-order valence-electron chi connectivity index (χ3n) is 7.49. The van der Waals surface area contributed by atoms with Crippen LogP contribution in [0.2, 0.25) is 0 Å². The number of sulfonamides is 1. The normalized spacial score (nSPS) is 12.0. The lowest BCUT2D eigenvalue weighted by Gasteiger charge is -2.34. The summed E-state index contributed by atoms with van der Waals surface area (Å²) in [6.07, 6.45) is 0.201. The van der Waals surface area contributed by atoms with Crippen molar-refractivity contribution in [2.75, 3.05) is 17.4 Å². The lowest BCUT2D eigenvalue weighted by Crippen LogP contribution is -2.53. The molecule has 4 rings (SSSR count). The van der Waals surface area contributed by atoms with Crippen LogP contribution in [0, 0.1) is 25.6 Å². The van der Waals surface area contributed by atoms with Gasteiger partial charge in [-0.25, -0.2) is 12.8 Å². The van der Waals surface area contributed by atoms with Crippen LogP contribution in [0.1, 0.15) is 36.1 Å². The number of anilines is 1. The van der Waals surface area contributed by atoms with E-state index in [4.69, 9.17) is 0 Å². The molecule has 0 radical (unpaired) electrons. The predicted octanol–water partition coefficient (Wildman–Crippen LogP) is 6.05. The molecule has 0 aliphatic heterocycles. The number of nitrogens with one attached hydrogen (secondary N) is 1. The Labute approximate surface area is 265 Å². The van der Waals surface area contributed by atoms with Crippen molar-refractivity contribution < 1.29 is 22.4 Å². The maximum atomic E-state index is 14.5. The van der Waals surface area contributed by atoms with Gasteiger partial charge in [0, 0.05) is 19.5 Å². The summed E-state index contributed by atoms with van der Waals surface area (Å²) in [7, 11) is -4.19. The fraction of sp³-hybridized carbons (Fsp3) is 0.278. The molecule has 4 aromatic rings. The third-order valence-corrected chi connectivity index (χ3v) is 9.27. The summed E-state index contributed by atoms with van der Waals surface area (Å²) in [5, 5.41) is 2.96. The fourth-order valence-electron chi connectivity index (χ4n) is 4.96. The first-order valence-electron chi connectivity index (χ1n) is 15.0. The minimum atomic E-state index is -4.19. The Morgan fingerprint density at radius 1 is 0.800 bits per heavy atom. The summed E-state index contributed by atoms with van der Waals surface area (Å²) < 4.78 is 43.3. The largest absolute Gasteiger partial charge is 0.354 e. The Balaban J connectivity index is 1.80. The van der Waals surface area contributed by atoms with Crippen molar-refractivity contribution in [1.29, 1.82) is 0 Å². The monoisotopic (exact) mass is 629 g/mol. The van der Waals surface area contributed by atoms with E-state index in [0.29, 0.717) is 23.4 Å². The molecule has 0 saturated heterocycles. The van der Waals surface area contributed by atoms with Gasteiger partial charge in [0.05, 0.1) is 10.6 Å². The van der Waals surface area contributed by atoms with Gasteiger partial charge in [0.1, 0.15) is 18.4 Å². The van der Waals surface area contributed by atoms with Crippen LogP contribution < -0.4 is 9.62 Å². The Kier molecular flexibility index (Phi) is 11.1. The van der Waals surface area contributed by atoms with Crippen LogP contribution in [0.3, 0.4) is 0 Å². The van der Waals surface area contributed by atoms with Gasteiger partial charge in [0.15, 0.2) is 0 Å². The van der Waals surface area contributed by atoms with Crippen LogP contribution in [-0.2, 0) is 32.6 Å². The molecular weight excluding hydrogens is 589 g/mol. The quantitative estimate of drug-likeness (QED) is 0.195. The fourth-order valence-corrected chi connectivity index (χ4v) is 6.44. The Morgan fingerprint density at radius 2 is 1.42 bits per heavy atom. The smallest absolute Gasteiger partial charge is 0.264 e. The predicted molar refractivity (Wildman–Crippen MR) is 176 cm³/mol. The molecule has 0 aliphatic carbocycles. The van der Waals surface area contributed by atoms with Crippen molar-refractivity contribution in [3.05, 3.63) is 131 Å². The highest BCUT2D eigenvalue weighted by molar-refractivity contribution is 7.92. The van der Waals surface area contributed by atoms with Gasteiger partial charge in [-0.3, -0.25) is 13.9 Å². The molecule has 0 spiro atoms. The maximum Gasteiger partial charge on any atom is 0.264 e. The highest BCUT2D eigenvalue weighted by Gasteiger charge is 2.35. The van der Waals surface area contributed by atoms with E-state index in [2.05, 4.69) is 5.32 Å². The van der Waals surface area contributed by atoms with Gasteiger partial charge in [-0.1, -0.05) is 92.2 Å². The van der Waals surface area contributed by atoms with Crippen molar-refractivity contribution in [3.8, 4) is 0 Å². The number of nitrogens with zero attached hydrogens (tertiary/aromatic N) is 2. The summed E-state index contributed by atoms with van der Waals surface area (Å²) in [4.78, 5) is 29.7. The topological polar surface area (TPSA) is 86.8 Å². The molecule has 0 saturated carbocycles. The van der Waals surface area contributed by atoms with E-state index in [0.717, 1.165) is 15.4 Å². The number of benzene rings is 4. The van der Waals surface area contributed by atoms with Gasteiger partial charge >= 0.3 is 0 Å². The zero-order valence-electron chi connectivity index (χ0n) is 26.1. The molecule has 0 fully saturated rings. The van der Waals surface area contributed by atoms with Crippen molar-refractivity contribution in [2.45, 2.75) is 51.6 Å². The van der Waals surface area contributed by atoms with E-state index < -0.39 is 34.3 Å². The van der Waals surface area contributed by atoms with Crippen molar-refractivity contribution in [1.82, 2.24) is 10.2 Å². The first kappa shape index (κ1) is 33.4. The first-order valence-corrected chi connectivity index (χ1v) is 16.4. The third kappa shape index (κ3) is 8.79. The molecule has 236 valence electrons. The van der Waals surface area contributed by atoms with E-state index in [-0.39, 0.29) is 29.7 Å². The molecule has 4 aromatic carbocycles. The molecule has 1 atom stereocenters. The van der Waals surface area contributed by atoms with Crippen molar-refractivity contribution in [2.24, 2.45) is 5.92 Å². The summed E-state index contributed by atoms with van der Waals surface area (Å²) in [5.74, 6) is -1.18. The zero-order valence-corrected chi connectivity index (χ0v) is 26.9. The molecular formula is C36H40FN3O4S. The number of halogens is 1. The minimum Gasteiger partial charge on any atom is -0.354 e. The summed E-state index contributed by atoms with van der Waals surface area (Å²) in [6.45, 7) is 7.42. The summed E-state index contributed by atoms with van der Waals surface area (Å²) in [5.41, 5.74) is 3.36. The van der Waals surface area contributed by atoms with Gasteiger partial charge in [-0.05, 0) is 66.8 Å². The highest BCUT2D eigenvalue weighted by Crippen LogP contribution is 2.28. The summed E-state index contributed by atoms with van der Waals surface area (Å²) in [6, 6.07) is 27.5. The molecule has 2 amide bonds. The molecule has 45 heavy (non-hydrogen) atoms. The lowest BCUT2D eigenvalue weighted by atomic mass is 10.0. The van der Waals surface area contributed by atoms with E-state index in [9.17, 15) is 22.4 Å². The van der Waals surface area contributed by atoms with Crippen molar-refractivity contribution in [3.63, 3.8) is 0 Å². The van der Waals surface area contributed by atoms with Gasteiger partial charge in [0.2, 0.25) is 11.8 Å². The molecule has 7 nitrogen and oxygen atoms in total. The van der Waals surface area contributed by atoms with Crippen LogP contribution in [0.4, 0.5) is 10.1 Å². The first-order chi connectivity index (χ1) is 21.5. The van der Waals surface area contributed by atoms with E-state index in [1.54, 1.807) is 55.5 Å². The second-order valence-corrected chi connectivity index (χ2v) is 13.5.